The van der Waals surface area contributed by atoms with Crippen LogP contribution in [0.1, 0.15) is 33.6 Å². The predicted octanol–water partition coefficient (Wildman–Crippen LogP) is 1.56. The zero-order valence-electron chi connectivity index (χ0n) is 12.7. The minimum atomic E-state index is -0.856. The lowest BCUT2D eigenvalue weighted by Crippen LogP contribution is -2.28. The molecule has 6 nitrogen and oxygen atoms in total. The fraction of sp³-hybridized carbons (Fsp3) is 0.857. The predicted molar refractivity (Wildman–Crippen MR) is 73.3 cm³/mol. The van der Waals surface area contributed by atoms with Crippen molar-refractivity contribution < 1.29 is 28.5 Å². The Morgan fingerprint density at radius 2 is 1.35 bits per heavy atom. The van der Waals surface area contributed by atoms with Crippen LogP contribution in [0.3, 0.4) is 0 Å². The molecular weight excluding hydrogens is 264 g/mol. The second-order valence-electron chi connectivity index (χ2n) is 4.01. The Kier molecular flexibility index (Phi) is 12.1. The molecular formula is C14H26O6. The number of esters is 2. The first-order valence-corrected chi connectivity index (χ1v) is 7.16. The van der Waals surface area contributed by atoms with Crippen LogP contribution in [0, 0.1) is 5.92 Å². The lowest BCUT2D eigenvalue weighted by atomic mass is 10.0. The molecule has 0 atom stereocenters. The first-order valence-electron chi connectivity index (χ1n) is 7.16. The normalized spacial score (nSPS) is 10.6. The number of carbonyl (C=O) groups is 2. The summed E-state index contributed by atoms with van der Waals surface area (Å²) in [5.74, 6) is -1.91. The van der Waals surface area contributed by atoms with Crippen molar-refractivity contribution in [2.24, 2.45) is 5.92 Å². The Bertz CT molecular complexity index is 248. The summed E-state index contributed by atoms with van der Waals surface area (Å²) in [7, 11) is 0. The molecule has 0 aliphatic carbocycles. The average molecular weight is 290 g/mol. The van der Waals surface area contributed by atoms with Gasteiger partial charge in [0.15, 0.2) is 5.92 Å². The Morgan fingerprint density at radius 1 is 0.800 bits per heavy atom. The number of ether oxygens (including phenoxy) is 4. The third-order valence-electron chi connectivity index (χ3n) is 2.50. The molecule has 0 unspecified atom stereocenters. The highest BCUT2D eigenvalue weighted by Gasteiger charge is 2.28. The van der Waals surface area contributed by atoms with Gasteiger partial charge < -0.3 is 18.9 Å². The highest BCUT2D eigenvalue weighted by Crippen LogP contribution is 2.11. The van der Waals surface area contributed by atoms with Gasteiger partial charge in [0, 0.05) is 13.2 Å². The molecule has 0 heterocycles. The van der Waals surface area contributed by atoms with Crippen molar-refractivity contribution in [3.63, 3.8) is 0 Å². The average Bonchev–Trinajstić information content (AvgIpc) is 2.42. The molecule has 0 radical (unpaired) electrons. The molecule has 0 fully saturated rings. The zero-order chi connectivity index (χ0) is 15.2. The number of hydrogen-bond acceptors (Lipinski definition) is 6. The van der Waals surface area contributed by atoms with Crippen molar-refractivity contribution >= 4 is 11.9 Å². The van der Waals surface area contributed by atoms with E-state index in [9.17, 15) is 9.59 Å². The molecule has 118 valence electrons. The van der Waals surface area contributed by atoms with Gasteiger partial charge in [0.25, 0.3) is 0 Å². The molecule has 20 heavy (non-hydrogen) atoms. The summed E-state index contributed by atoms with van der Waals surface area (Å²) in [5, 5.41) is 0. The first-order chi connectivity index (χ1) is 9.67. The molecule has 0 rings (SSSR count). The maximum atomic E-state index is 11.7. The van der Waals surface area contributed by atoms with Crippen LogP contribution in [0.2, 0.25) is 0 Å². The van der Waals surface area contributed by atoms with Gasteiger partial charge in [-0.05, 0) is 33.6 Å². The second-order valence-corrected chi connectivity index (χ2v) is 4.01. The van der Waals surface area contributed by atoms with E-state index in [1.165, 1.54) is 0 Å². The molecule has 0 aliphatic heterocycles. The lowest BCUT2D eigenvalue weighted by Gasteiger charge is -2.14. The van der Waals surface area contributed by atoms with E-state index in [1.807, 2.05) is 6.92 Å². The van der Waals surface area contributed by atoms with Crippen molar-refractivity contribution in [3.05, 3.63) is 0 Å². The van der Waals surface area contributed by atoms with Gasteiger partial charge >= 0.3 is 11.9 Å². The Labute approximate surface area is 120 Å². The molecule has 0 saturated carbocycles. The lowest BCUT2D eigenvalue weighted by molar-refractivity contribution is -0.162. The summed E-state index contributed by atoms with van der Waals surface area (Å²) in [5.41, 5.74) is 0. The van der Waals surface area contributed by atoms with E-state index in [-0.39, 0.29) is 13.2 Å². The Morgan fingerprint density at radius 3 is 1.85 bits per heavy atom. The van der Waals surface area contributed by atoms with E-state index in [4.69, 9.17) is 18.9 Å². The van der Waals surface area contributed by atoms with Crippen molar-refractivity contribution in [2.45, 2.75) is 33.6 Å². The molecule has 0 N–H and O–H groups in total. The Balaban J connectivity index is 3.97. The summed E-state index contributed by atoms with van der Waals surface area (Å²) in [6, 6.07) is 0. The van der Waals surface area contributed by atoms with Crippen LogP contribution in [0.5, 0.6) is 0 Å². The maximum absolute atomic E-state index is 11.7. The SMILES string of the molecule is CCOCCOCCCC(C(=O)OCC)C(=O)OCC. The monoisotopic (exact) mass is 290 g/mol. The molecule has 6 heteroatoms. The van der Waals surface area contributed by atoms with Crippen molar-refractivity contribution in [3.8, 4) is 0 Å². The van der Waals surface area contributed by atoms with Gasteiger partial charge in [-0.1, -0.05) is 0 Å². The van der Waals surface area contributed by atoms with E-state index in [0.717, 1.165) is 0 Å². The molecule has 0 aromatic rings. The molecule has 0 bridgehead atoms. The second kappa shape index (κ2) is 12.9. The van der Waals surface area contributed by atoms with Crippen LogP contribution >= 0.6 is 0 Å². The first kappa shape index (κ1) is 18.9. The molecule has 0 aliphatic rings. The highest BCUT2D eigenvalue weighted by atomic mass is 16.6. The molecule has 0 saturated heterocycles. The van der Waals surface area contributed by atoms with Crippen LogP contribution in [0.25, 0.3) is 0 Å². The molecule has 0 spiro atoms. The third kappa shape index (κ3) is 8.87. The smallest absolute Gasteiger partial charge is 0.320 e. The van der Waals surface area contributed by atoms with Gasteiger partial charge in [-0.3, -0.25) is 9.59 Å². The largest absolute Gasteiger partial charge is 0.465 e. The van der Waals surface area contributed by atoms with E-state index in [0.29, 0.717) is 39.3 Å². The van der Waals surface area contributed by atoms with Crippen LogP contribution in [0.4, 0.5) is 0 Å². The zero-order valence-corrected chi connectivity index (χ0v) is 12.7. The van der Waals surface area contributed by atoms with E-state index < -0.39 is 17.9 Å². The summed E-state index contributed by atoms with van der Waals surface area (Å²) >= 11 is 0. The summed E-state index contributed by atoms with van der Waals surface area (Å²) in [4.78, 5) is 23.4. The Hall–Kier alpha value is -1.14. The van der Waals surface area contributed by atoms with Gasteiger partial charge in [-0.15, -0.1) is 0 Å². The van der Waals surface area contributed by atoms with Gasteiger partial charge in [-0.25, -0.2) is 0 Å². The minimum Gasteiger partial charge on any atom is -0.465 e. The standard InChI is InChI=1S/C14H26O6/c1-4-17-10-11-18-9-7-8-12(13(15)19-5-2)14(16)20-6-3/h12H,4-11H2,1-3H3. The van der Waals surface area contributed by atoms with Gasteiger partial charge in [0.1, 0.15) is 0 Å². The fourth-order valence-electron chi connectivity index (χ4n) is 1.57. The number of hydrogen-bond donors (Lipinski definition) is 0. The van der Waals surface area contributed by atoms with Crippen molar-refractivity contribution in [2.75, 3.05) is 39.6 Å². The van der Waals surface area contributed by atoms with E-state index >= 15 is 0 Å². The van der Waals surface area contributed by atoms with Crippen LogP contribution in [0.15, 0.2) is 0 Å². The highest BCUT2D eigenvalue weighted by molar-refractivity contribution is 5.94. The molecule has 0 amide bonds. The molecule has 0 aromatic carbocycles. The number of carbonyl (C=O) groups excluding carboxylic acids is 2. The summed E-state index contributed by atoms with van der Waals surface area (Å²) < 4.78 is 20.2. The van der Waals surface area contributed by atoms with Crippen LogP contribution in [-0.2, 0) is 28.5 Å². The van der Waals surface area contributed by atoms with Gasteiger partial charge in [-0.2, -0.15) is 0 Å². The minimum absolute atomic E-state index is 0.250. The van der Waals surface area contributed by atoms with Crippen LogP contribution < -0.4 is 0 Å². The van der Waals surface area contributed by atoms with E-state index in [2.05, 4.69) is 0 Å². The summed E-state index contributed by atoms with van der Waals surface area (Å²) in [6.45, 7) is 8.03. The maximum Gasteiger partial charge on any atom is 0.320 e. The van der Waals surface area contributed by atoms with Crippen molar-refractivity contribution in [1.82, 2.24) is 0 Å². The van der Waals surface area contributed by atoms with E-state index in [1.54, 1.807) is 13.8 Å². The third-order valence-corrected chi connectivity index (χ3v) is 2.50. The van der Waals surface area contributed by atoms with Gasteiger partial charge in [0.2, 0.25) is 0 Å². The topological polar surface area (TPSA) is 71.1 Å². The summed E-state index contributed by atoms with van der Waals surface area (Å²) in [6.07, 6.45) is 0.959. The number of rotatable bonds is 12. The van der Waals surface area contributed by atoms with Crippen LogP contribution in [-0.4, -0.2) is 51.6 Å². The quantitative estimate of drug-likeness (QED) is 0.308. The van der Waals surface area contributed by atoms with Crippen molar-refractivity contribution in [1.29, 1.82) is 0 Å². The molecule has 0 aromatic heterocycles. The van der Waals surface area contributed by atoms with Gasteiger partial charge in [0.05, 0.1) is 26.4 Å². The fourth-order valence-corrected chi connectivity index (χ4v) is 1.57.